The van der Waals surface area contributed by atoms with Gasteiger partial charge in [0.1, 0.15) is 23.2 Å². The van der Waals surface area contributed by atoms with E-state index in [4.69, 9.17) is 23.2 Å². The van der Waals surface area contributed by atoms with Gasteiger partial charge in [0.25, 0.3) is 0 Å². The van der Waals surface area contributed by atoms with Crippen LogP contribution in [-0.4, -0.2) is 28.9 Å². The molecule has 0 fully saturated rings. The van der Waals surface area contributed by atoms with Gasteiger partial charge >= 0.3 is 6.18 Å². The van der Waals surface area contributed by atoms with Crippen LogP contribution in [0.1, 0.15) is 5.56 Å². The van der Waals surface area contributed by atoms with Crippen molar-refractivity contribution in [3.05, 3.63) is 22.2 Å². The van der Waals surface area contributed by atoms with Crippen molar-refractivity contribution in [1.82, 2.24) is 15.4 Å². The van der Waals surface area contributed by atoms with E-state index in [2.05, 4.69) is 15.1 Å². The number of hydrogen-bond donors (Lipinski definition) is 1. The zero-order valence-corrected chi connectivity index (χ0v) is 9.11. The summed E-state index contributed by atoms with van der Waals surface area (Å²) < 4.78 is 35.2. The molecule has 16 heavy (non-hydrogen) atoms. The monoisotopic (exact) mass is 272 g/mol. The van der Waals surface area contributed by atoms with Crippen molar-refractivity contribution in [3.63, 3.8) is 0 Å². The number of rotatable bonds is 3. The van der Waals surface area contributed by atoms with E-state index < -0.39 is 12.7 Å². The molecule has 0 saturated carbocycles. The van der Waals surface area contributed by atoms with E-state index in [1.54, 1.807) is 5.43 Å². The largest absolute Gasteiger partial charge is 0.407 e. The van der Waals surface area contributed by atoms with Crippen LogP contribution in [-0.2, 0) is 0 Å². The minimum Gasteiger partial charge on any atom is -0.301 e. The van der Waals surface area contributed by atoms with Gasteiger partial charge in [0.2, 0.25) is 0 Å². The molecule has 0 amide bonds. The first-order valence-corrected chi connectivity index (χ1v) is 4.64. The summed E-state index contributed by atoms with van der Waals surface area (Å²) in [6.45, 7) is -1.24. The molecule has 0 atom stereocenters. The van der Waals surface area contributed by atoms with Crippen molar-refractivity contribution in [2.45, 2.75) is 6.18 Å². The standard InChI is InChI=1S/C7H5Cl2F3N4/c8-5-4(6(9)14-3-13-5)1-15-16-2-7(10,11)12/h1,3,16H,2H2/b15-1+. The molecule has 0 aliphatic rings. The fourth-order valence-corrected chi connectivity index (χ4v) is 1.12. The highest BCUT2D eigenvalue weighted by molar-refractivity contribution is 6.37. The number of alkyl halides is 3. The smallest absolute Gasteiger partial charge is 0.301 e. The fourth-order valence-electron chi connectivity index (χ4n) is 0.706. The van der Waals surface area contributed by atoms with Gasteiger partial charge in [-0.25, -0.2) is 9.97 Å². The molecular formula is C7H5Cl2F3N4. The van der Waals surface area contributed by atoms with Crippen LogP contribution in [0.2, 0.25) is 10.3 Å². The summed E-state index contributed by atoms with van der Waals surface area (Å²) in [4.78, 5) is 7.19. The Balaban J connectivity index is 2.63. The molecule has 4 nitrogen and oxygen atoms in total. The summed E-state index contributed by atoms with van der Waals surface area (Å²) in [6, 6.07) is 0. The molecular weight excluding hydrogens is 268 g/mol. The van der Waals surface area contributed by atoms with Crippen LogP contribution in [0.4, 0.5) is 13.2 Å². The van der Waals surface area contributed by atoms with Gasteiger partial charge < -0.3 is 5.43 Å². The molecule has 0 bridgehead atoms. The lowest BCUT2D eigenvalue weighted by Gasteiger charge is -2.04. The molecule has 0 aliphatic heterocycles. The van der Waals surface area contributed by atoms with Crippen molar-refractivity contribution in [1.29, 1.82) is 0 Å². The fraction of sp³-hybridized carbons (Fsp3) is 0.286. The second kappa shape index (κ2) is 5.31. The first-order valence-electron chi connectivity index (χ1n) is 3.89. The van der Waals surface area contributed by atoms with Gasteiger partial charge in [0.05, 0.1) is 11.8 Å². The molecule has 0 radical (unpaired) electrons. The molecule has 1 aromatic heterocycles. The Kier molecular flexibility index (Phi) is 4.31. The van der Waals surface area contributed by atoms with E-state index in [9.17, 15) is 13.2 Å². The molecule has 0 aliphatic carbocycles. The van der Waals surface area contributed by atoms with Crippen LogP contribution in [0, 0.1) is 0 Å². The van der Waals surface area contributed by atoms with E-state index >= 15 is 0 Å². The Bertz CT molecular complexity index is 373. The number of halogens is 5. The summed E-state index contributed by atoms with van der Waals surface area (Å²) >= 11 is 11.2. The molecule has 1 heterocycles. The minimum atomic E-state index is -4.34. The van der Waals surface area contributed by atoms with Gasteiger partial charge in [0.15, 0.2) is 0 Å². The second-order valence-electron chi connectivity index (χ2n) is 2.58. The molecule has 0 aromatic carbocycles. The first-order chi connectivity index (χ1) is 7.40. The molecule has 1 N–H and O–H groups in total. The quantitative estimate of drug-likeness (QED) is 0.522. The Morgan fingerprint density at radius 2 is 1.88 bits per heavy atom. The summed E-state index contributed by atoms with van der Waals surface area (Å²) in [5.74, 6) is 0. The Morgan fingerprint density at radius 3 is 2.38 bits per heavy atom. The maximum Gasteiger partial charge on any atom is 0.407 e. The predicted octanol–water partition coefficient (Wildman–Crippen LogP) is 2.27. The molecule has 0 spiro atoms. The lowest BCUT2D eigenvalue weighted by Crippen LogP contribution is -2.25. The molecule has 1 rings (SSSR count). The minimum absolute atomic E-state index is 0.0116. The van der Waals surface area contributed by atoms with Gasteiger partial charge in [-0.15, -0.1) is 0 Å². The average molecular weight is 273 g/mol. The van der Waals surface area contributed by atoms with E-state index in [1.807, 2.05) is 0 Å². The average Bonchev–Trinajstić information content (AvgIpc) is 2.14. The lowest BCUT2D eigenvalue weighted by molar-refractivity contribution is -0.124. The summed E-state index contributed by atoms with van der Waals surface area (Å²) in [5, 5.41) is 3.33. The number of hydrazone groups is 1. The van der Waals surface area contributed by atoms with Crippen LogP contribution in [0.5, 0.6) is 0 Å². The third-order valence-electron chi connectivity index (χ3n) is 1.35. The van der Waals surface area contributed by atoms with Gasteiger partial charge in [-0.05, 0) is 0 Å². The Morgan fingerprint density at radius 1 is 1.31 bits per heavy atom. The van der Waals surface area contributed by atoms with Crippen molar-refractivity contribution < 1.29 is 13.2 Å². The highest BCUT2D eigenvalue weighted by atomic mass is 35.5. The maximum absolute atomic E-state index is 11.7. The van der Waals surface area contributed by atoms with Crippen LogP contribution in [0.25, 0.3) is 0 Å². The molecule has 9 heteroatoms. The second-order valence-corrected chi connectivity index (χ2v) is 3.29. The zero-order chi connectivity index (χ0) is 12.2. The van der Waals surface area contributed by atoms with E-state index in [0.29, 0.717) is 0 Å². The summed E-state index contributed by atoms with van der Waals surface area (Å²) in [6.07, 6.45) is -2.18. The molecule has 1 aromatic rings. The molecule has 0 unspecified atom stereocenters. The number of hydrogen-bond acceptors (Lipinski definition) is 4. The van der Waals surface area contributed by atoms with Crippen LogP contribution in [0.3, 0.4) is 0 Å². The Labute approximate surface area is 98.5 Å². The van der Waals surface area contributed by atoms with Crippen molar-refractivity contribution in [2.24, 2.45) is 5.10 Å². The van der Waals surface area contributed by atoms with E-state index in [1.165, 1.54) is 0 Å². The van der Waals surface area contributed by atoms with Gasteiger partial charge in [-0.3, -0.25) is 0 Å². The van der Waals surface area contributed by atoms with Crippen molar-refractivity contribution >= 4 is 29.4 Å². The zero-order valence-electron chi connectivity index (χ0n) is 7.59. The van der Waals surface area contributed by atoms with E-state index in [0.717, 1.165) is 12.5 Å². The SMILES string of the molecule is FC(F)(F)CN/N=C/c1c(Cl)ncnc1Cl. The van der Waals surface area contributed by atoms with Gasteiger partial charge in [-0.2, -0.15) is 18.3 Å². The summed E-state index contributed by atoms with van der Waals surface area (Å²) in [5.41, 5.74) is 1.95. The predicted molar refractivity (Wildman–Crippen MR) is 53.7 cm³/mol. The van der Waals surface area contributed by atoms with Crippen LogP contribution in [0.15, 0.2) is 11.4 Å². The van der Waals surface area contributed by atoms with Crippen LogP contribution >= 0.6 is 23.2 Å². The van der Waals surface area contributed by atoms with Gasteiger partial charge in [0, 0.05) is 0 Å². The maximum atomic E-state index is 11.7. The topological polar surface area (TPSA) is 50.2 Å². The van der Waals surface area contributed by atoms with Crippen molar-refractivity contribution in [2.75, 3.05) is 6.54 Å². The molecule has 88 valence electrons. The highest BCUT2D eigenvalue weighted by Crippen LogP contribution is 2.17. The normalized spacial score (nSPS) is 12.1. The van der Waals surface area contributed by atoms with Crippen LogP contribution < -0.4 is 5.43 Å². The molecule has 0 saturated heterocycles. The third kappa shape index (κ3) is 4.19. The third-order valence-corrected chi connectivity index (χ3v) is 1.95. The Hall–Kier alpha value is -1.08. The van der Waals surface area contributed by atoms with Crippen molar-refractivity contribution in [3.8, 4) is 0 Å². The first kappa shape index (κ1) is 13.0. The number of nitrogens with zero attached hydrogens (tertiary/aromatic N) is 3. The van der Waals surface area contributed by atoms with Gasteiger partial charge in [-0.1, -0.05) is 23.2 Å². The highest BCUT2D eigenvalue weighted by Gasteiger charge is 2.26. The van der Waals surface area contributed by atoms with E-state index in [-0.39, 0.29) is 15.9 Å². The lowest BCUT2D eigenvalue weighted by atomic mass is 10.4. The number of nitrogens with one attached hydrogen (secondary N) is 1. The summed E-state index contributed by atoms with van der Waals surface area (Å²) in [7, 11) is 0. The number of aromatic nitrogens is 2.